The summed E-state index contributed by atoms with van der Waals surface area (Å²) < 4.78 is 22.5. The molecule has 1 N–H and O–H groups in total. The van der Waals surface area contributed by atoms with Crippen LogP contribution in [0, 0.1) is 13.8 Å². The molecule has 0 bridgehead atoms. The molecule has 1 saturated heterocycles. The number of nitrogens with zero attached hydrogens (tertiary/aromatic N) is 1. The number of hydrogen-bond acceptors (Lipinski definition) is 4. The molecule has 0 spiro atoms. The highest BCUT2D eigenvalue weighted by Crippen LogP contribution is 2.21. The molecule has 1 fully saturated rings. The Labute approximate surface area is 141 Å². The van der Waals surface area contributed by atoms with E-state index in [0.29, 0.717) is 18.6 Å². The van der Waals surface area contributed by atoms with Gasteiger partial charge >= 0.3 is 0 Å². The maximum atomic E-state index is 11.3. The van der Waals surface area contributed by atoms with Crippen molar-refractivity contribution >= 4 is 9.84 Å². The Kier molecular flexibility index (Phi) is 6.23. The highest BCUT2D eigenvalue weighted by atomic mass is 32.2. The standard InChI is InChI=1S/C18H30N2O2S/c1-14-5-6-18(15(2)13-14)16(3)19-17-7-9-20(10-8-17)11-12-23(4,21)22/h5-6,13,16-17,19H,7-12H2,1-4H3. The van der Waals surface area contributed by atoms with Crippen LogP contribution in [-0.4, -0.2) is 51.0 Å². The lowest BCUT2D eigenvalue weighted by Gasteiger charge is -2.34. The van der Waals surface area contributed by atoms with Gasteiger partial charge in [0.05, 0.1) is 5.75 Å². The smallest absolute Gasteiger partial charge is 0.148 e. The van der Waals surface area contributed by atoms with Crippen LogP contribution >= 0.6 is 0 Å². The summed E-state index contributed by atoms with van der Waals surface area (Å²) in [5, 5.41) is 3.74. The quantitative estimate of drug-likeness (QED) is 0.866. The zero-order valence-corrected chi connectivity index (χ0v) is 15.6. The lowest BCUT2D eigenvalue weighted by atomic mass is 9.97. The fraction of sp³-hybridized carbons (Fsp3) is 0.667. The molecule has 1 aliphatic heterocycles. The fourth-order valence-electron chi connectivity index (χ4n) is 3.37. The van der Waals surface area contributed by atoms with E-state index in [-0.39, 0.29) is 5.75 Å². The van der Waals surface area contributed by atoms with Crippen LogP contribution in [0.15, 0.2) is 18.2 Å². The van der Waals surface area contributed by atoms with E-state index in [1.165, 1.54) is 22.9 Å². The minimum atomic E-state index is -2.86. The molecule has 1 aromatic rings. The summed E-state index contributed by atoms with van der Waals surface area (Å²) in [6.07, 6.45) is 3.48. The molecule has 23 heavy (non-hydrogen) atoms. The van der Waals surface area contributed by atoms with E-state index in [0.717, 1.165) is 25.9 Å². The van der Waals surface area contributed by atoms with E-state index in [2.05, 4.69) is 49.2 Å². The minimum absolute atomic E-state index is 0.268. The molecule has 1 heterocycles. The van der Waals surface area contributed by atoms with Crippen LogP contribution in [0.2, 0.25) is 0 Å². The van der Waals surface area contributed by atoms with Crippen molar-refractivity contribution in [3.8, 4) is 0 Å². The van der Waals surface area contributed by atoms with E-state index in [1.54, 1.807) is 0 Å². The van der Waals surface area contributed by atoms with Crippen LogP contribution in [-0.2, 0) is 9.84 Å². The minimum Gasteiger partial charge on any atom is -0.307 e. The Morgan fingerprint density at radius 1 is 1.26 bits per heavy atom. The largest absolute Gasteiger partial charge is 0.307 e. The van der Waals surface area contributed by atoms with Gasteiger partial charge in [0, 0.05) is 24.9 Å². The van der Waals surface area contributed by atoms with Gasteiger partial charge in [-0.2, -0.15) is 0 Å². The molecular weight excluding hydrogens is 308 g/mol. The zero-order valence-electron chi connectivity index (χ0n) is 14.8. The van der Waals surface area contributed by atoms with Crippen molar-refractivity contribution in [3.05, 3.63) is 34.9 Å². The summed E-state index contributed by atoms with van der Waals surface area (Å²) >= 11 is 0. The molecule has 4 nitrogen and oxygen atoms in total. The third-order valence-corrected chi connectivity index (χ3v) is 5.67. The molecule has 0 aliphatic carbocycles. The molecule has 1 unspecified atom stereocenters. The number of nitrogens with one attached hydrogen (secondary N) is 1. The number of benzene rings is 1. The number of sulfone groups is 1. The Morgan fingerprint density at radius 2 is 1.91 bits per heavy atom. The average Bonchev–Trinajstić information content (AvgIpc) is 2.45. The monoisotopic (exact) mass is 338 g/mol. The molecular formula is C18H30N2O2S. The van der Waals surface area contributed by atoms with Crippen molar-refractivity contribution in [2.24, 2.45) is 0 Å². The molecule has 0 amide bonds. The summed E-state index contributed by atoms with van der Waals surface area (Å²) in [7, 11) is -2.86. The Bertz CT molecular complexity index is 620. The predicted octanol–water partition coefficient (Wildman–Crippen LogP) is 2.46. The Hall–Kier alpha value is -0.910. The third-order valence-electron chi connectivity index (χ3n) is 4.74. The molecule has 0 aromatic heterocycles. The molecule has 1 aromatic carbocycles. The summed E-state index contributed by atoms with van der Waals surface area (Å²) in [6.45, 7) is 9.15. The molecule has 0 radical (unpaired) electrons. The first kappa shape index (κ1) is 18.4. The number of likely N-dealkylation sites (tertiary alicyclic amines) is 1. The van der Waals surface area contributed by atoms with Gasteiger partial charge in [-0.3, -0.25) is 0 Å². The lowest BCUT2D eigenvalue weighted by molar-refractivity contribution is 0.201. The van der Waals surface area contributed by atoms with E-state index in [1.807, 2.05) is 0 Å². The second-order valence-corrected chi connectivity index (χ2v) is 9.25. The van der Waals surface area contributed by atoms with Crippen molar-refractivity contribution in [2.75, 3.05) is 31.6 Å². The van der Waals surface area contributed by atoms with Gasteiger partial charge in [-0.05, 0) is 57.8 Å². The van der Waals surface area contributed by atoms with Gasteiger partial charge in [0.1, 0.15) is 9.84 Å². The predicted molar refractivity (Wildman–Crippen MR) is 96.6 cm³/mol. The van der Waals surface area contributed by atoms with Crippen LogP contribution in [0.3, 0.4) is 0 Å². The maximum absolute atomic E-state index is 11.3. The average molecular weight is 339 g/mol. The van der Waals surface area contributed by atoms with E-state index < -0.39 is 9.84 Å². The van der Waals surface area contributed by atoms with Crippen LogP contribution in [0.5, 0.6) is 0 Å². The first-order chi connectivity index (χ1) is 10.7. The SMILES string of the molecule is Cc1ccc(C(C)NC2CCN(CCS(C)(=O)=O)CC2)c(C)c1. The van der Waals surface area contributed by atoms with Crippen LogP contribution in [0.1, 0.15) is 42.5 Å². The van der Waals surface area contributed by atoms with Gasteiger partial charge in [0.25, 0.3) is 0 Å². The van der Waals surface area contributed by atoms with Gasteiger partial charge in [0.15, 0.2) is 0 Å². The topological polar surface area (TPSA) is 49.4 Å². The normalized spacial score (nSPS) is 19.0. The second kappa shape index (κ2) is 7.77. The van der Waals surface area contributed by atoms with E-state index in [9.17, 15) is 8.42 Å². The summed E-state index contributed by atoms with van der Waals surface area (Å²) in [5.41, 5.74) is 4.02. The van der Waals surface area contributed by atoms with E-state index in [4.69, 9.17) is 0 Å². The Balaban J connectivity index is 1.81. The van der Waals surface area contributed by atoms with Crippen LogP contribution in [0.25, 0.3) is 0 Å². The Morgan fingerprint density at radius 3 is 2.48 bits per heavy atom. The number of rotatable bonds is 6. The first-order valence-corrected chi connectivity index (χ1v) is 10.5. The summed E-state index contributed by atoms with van der Waals surface area (Å²) in [4.78, 5) is 2.26. The van der Waals surface area contributed by atoms with Gasteiger partial charge in [-0.15, -0.1) is 0 Å². The summed E-state index contributed by atoms with van der Waals surface area (Å²) in [5.74, 6) is 0.268. The third kappa shape index (κ3) is 5.90. The number of aryl methyl sites for hydroxylation is 2. The van der Waals surface area contributed by atoms with E-state index >= 15 is 0 Å². The van der Waals surface area contributed by atoms with Gasteiger partial charge in [-0.1, -0.05) is 23.8 Å². The zero-order chi connectivity index (χ0) is 17.0. The molecule has 2 rings (SSSR count). The van der Waals surface area contributed by atoms with Crippen LogP contribution < -0.4 is 5.32 Å². The highest BCUT2D eigenvalue weighted by Gasteiger charge is 2.21. The van der Waals surface area contributed by atoms with Crippen molar-refractivity contribution < 1.29 is 8.42 Å². The number of piperidine rings is 1. The molecule has 0 saturated carbocycles. The molecule has 1 atom stereocenters. The van der Waals surface area contributed by atoms with Gasteiger partial charge in [-0.25, -0.2) is 8.42 Å². The number of hydrogen-bond donors (Lipinski definition) is 1. The van der Waals surface area contributed by atoms with Crippen molar-refractivity contribution in [1.82, 2.24) is 10.2 Å². The maximum Gasteiger partial charge on any atom is 0.148 e. The fourth-order valence-corrected chi connectivity index (χ4v) is 3.96. The van der Waals surface area contributed by atoms with Crippen LogP contribution in [0.4, 0.5) is 0 Å². The summed E-state index contributed by atoms with van der Waals surface area (Å²) in [6, 6.07) is 7.50. The van der Waals surface area contributed by atoms with Gasteiger partial charge in [0.2, 0.25) is 0 Å². The van der Waals surface area contributed by atoms with Crippen molar-refractivity contribution in [2.45, 2.75) is 45.7 Å². The molecule has 5 heteroatoms. The van der Waals surface area contributed by atoms with Crippen molar-refractivity contribution in [3.63, 3.8) is 0 Å². The molecule has 130 valence electrons. The molecule has 1 aliphatic rings. The van der Waals surface area contributed by atoms with Gasteiger partial charge < -0.3 is 10.2 Å². The first-order valence-electron chi connectivity index (χ1n) is 8.48. The second-order valence-electron chi connectivity index (χ2n) is 6.99. The van der Waals surface area contributed by atoms with Crippen molar-refractivity contribution in [1.29, 1.82) is 0 Å². The lowest BCUT2D eigenvalue weighted by Crippen LogP contribution is -2.44. The highest BCUT2D eigenvalue weighted by molar-refractivity contribution is 7.90.